The minimum atomic E-state index is -0.345. The van der Waals surface area contributed by atoms with Crippen LogP contribution in [0.1, 0.15) is 22.8 Å². The molecule has 6 heteroatoms. The molecule has 2 amide bonds. The molecule has 0 aliphatic rings. The summed E-state index contributed by atoms with van der Waals surface area (Å²) in [4.78, 5) is 24.5. The molecule has 3 rings (SSSR count). The molecule has 0 unspecified atom stereocenters. The van der Waals surface area contributed by atoms with Crippen molar-refractivity contribution in [3.8, 4) is 11.5 Å². The van der Waals surface area contributed by atoms with Gasteiger partial charge >= 0.3 is 0 Å². The van der Waals surface area contributed by atoms with Gasteiger partial charge < -0.3 is 20.1 Å². The summed E-state index contributed by atoms with van der Waals surface area (Å²) >= 11 is 0. The molecule has 0 aliphatic carbocycles. The van der Waals surface area contributed by atoms with Gasteiger partial charge in [0.25, 0.3) is 5.91 Å². The third-order valence-corrected chi connectivity index (χ3v) is 4.20. The lowest BCUT2D eigenvalue weighted by atomic mass is 10.2. The lowest BCUT2D eigenvalue weighted by molar-refractivity contribution is -0.115. The van der Waals surface area contributed by atoms with Crippen LogP contribution in [-0.2, 0) is 11.4 Å². The number of amides is 2. The summed E-state index contributed by atoms with van der Waals surface area (Å²) in [6.45, 7) is 2.76. The molecule has 0 heterocycles. The average molecular weight is 404 g/mol. The molecule has 0 saturated heterocycles. The van der Waals surface area contributed by atoms with Crippen LogP contribution in [0.3, 0.4) is 0 Å². The highest BCUT2D eigenvalue weighted by molar-refractivity contribution is 5.99. The van der Waals surface area contributed by atoms with E-state index in [0.717, 1.165) is 11.3 Å². The van der Waals surface area contributed by atoms with Crippen molar-refractivity contribution in [2.45, 2.75) is 13.5 Å². The van der Waals surface area contributed by atoms with Gasteiger partial charge in [-0.25, -0.2) is 0 Å². The fourth-order valence-electron chi connectivity index (χ4n) is 2.74. The summed E-state index contributed by atoms with van der Waals surface area (Å²) in [7, 11) is 0. The predicted molar refractivity (Wildman–Crippen MR) is 116 cm³/mol. The molecule has 2 N–H and O–H groups in total. The number of carbonyl (C=O) groups excluding carboxylic acids is 2. The van der Waals surface area contributed by atoms with Crippen LogP contribution >= 0.6 is 0 Å². The number of ether oxygens (including phenoxy) is 2. The molecule has 0 fully saturated rings. The highest BCUT2D eigenvalue weighted by Crippen LogP contribution is 2.16. The van der Waals surface area contributed by atoms with Crippen molar-refractivity contribution >= 4 is 17.5 Å². The Morgan fingerprint density at radius 2 is 1.60 bits per heavy atom. The molecule has 6 nitrogen and oxygen atoms in total. The van der Waals surface area contributed by atoms with Crippen molar-refractivity contribution in [1.29, 1.82) is 0 Å². The van der Waals surface area contributed by atoms with Gasteiger partial charge in [-0.05, 0) is 55.0 Å². The van der Waals surface area contributed by atoms with Gasteiger partial charge in [-0.3, -0.25) is 9.59 Å². The zero-order valence-electron chi connectivity index (χ0n) is 16.8. The van der Waals surface area contributed by atoms with Crippen LogP contribution < -0.4 is 20.1 Å². The van der Waals surface area contributed by atoms with Crippen LogP contribution in [0.25, 0.3) is 0 Å². The van der Waals surface area contributed by atoms with Crippen LogP contribution in [0, 0.1) is 0 Å². The predicted octanol–water partition coefficient (Wildman–Crippen LogP) is 4.03. The molecule has 0 spiro atoms. The van der Waals surface area contributed by atoms with E-state index < -0.39 is 0 Å². The van der Waals surface area contributed by atoms with E-state index >= 15 is 0 Å². The Kier molecular flexibility index (Phi) is 7.44. The van der Waals surface area contributed by atoms with Gasteiger partial charge in [-0.2, -0.15) is 0 Å². The van der Waals surface area contributed by atoms with Crippen molar-refractivity contribution in [2.75, 3.05) is 18.5 Å². The Hall–Kier alpha value is -3.80. The standard InChI is InChI=1S/C24H24N2O4/c1-2-29-21-13-11-20(12-14-21)26-23(27)16-25-24(28)19-9-6-10-22(15-19)30-17-18-7-4-3-5-8-18/h3-15H,2,16-17H2,1H3,(H,25,28)(H,26,27). The molecule has 0 bridgehead atoms. The maximum Gasteiger partial charge on any atom is 0.251 e. The highest BCUT2D eigenvalue weighted by atomic mass is 16.5. The summed E-state index contributed by atoms with van der Waals surface area (Å²) in [5.74, 6) is 0.662. The molecule has 0 atom stereocenters. The lowest BCUT2D eigenvalue weighted by Crippen LogP contribution is -2.32. The Bertz CT molecular complexity index is 972. The number of carbonyl (C=O) groups is 2. The fraction of sp³-hybridized carbons (Fsp3) is 0.167. The SMILES string of the molecule is CCOc1ccc(NC(=O)CNC(=O)c2cccc(OCc3ccccc3)c2)cc1. The van der Waals surface area contributed by atoms with Crippen LogP contribution in [0.4, 0.5) is 5.69 Å². The van der Waals surface area contributed by atoms with Gasteiger partial charge in [0.15, 0.2) is 0 Å². The Morgan fingerprint density at radius 3 is 2.33 bits per heavy atom. The molecule has 0 saturated carbocycles. The molecule has 0 aromatic heterocycles. The second-order valence-corrected chi connectivity index (χ2v) is 6.49. The third-order valence-electron chi connectivity index (χ3n) is 4.20. The van der Waals surface area contributed by atoms with Crippen molar-refractivity contribution < 1.29 is 19.1 Å². The van der Waals surface area contributed by atoms with Crippen molar-refractivity contribution in [3.05, 3.63) is 90.0 Å². The normalized spacial score (nSPS) is 10.2. The molecule has 0 radical (unpaired) electrons. The van der Waals surface area contributed by atoms with Gasteiger partial charge in [0.05, 0.1) is 13.2 Å². The van der Waals surface area contributed by atoms with Gasteiger partial charge in [-0.15, -0.1) is 0 Å². The van der Waals surface area contributed by atoms with Crippen molar-refractivity contribution in [1.82, 2.24) is 5.32 Å². The molecule has 0 aliphatic heterocycles. The zero-order chi connectivity index (χ0) is 21.2. The van der Waals surface area contributed by atoms with E-state index in [2.05, 4.69) is 10.6 Å². The molecule has 3 aromatic carbocycles. The topological polar surface area (TPSA) is 76.7 Å². The molecule has 154 valence electrons. The van der Waals surface area contributed by atoms with Crippen LogP contribution in [0.5, 0.6) is 11.5 Å². The number of nitrogens with one attached hydrogen (secondary N) is 2. The van der Waals surface area contributed by atoms with Crippen molar-refractivity contribution in [3.63, 3.8) is 0 Å². The monoisotopic (exact) mass is 404 g/mol. The first-order chi connectivity index (χ1) is 14.6. The number of rotatable bonds is 9. The smallest absolute Gasteiger partial charge is 0.251 e. The van der Waals surface area contributed by atoms with E-state index in [4.69, 9.17) is 9.47 Å². The van der Waals surface area contributed by atoms with E-state index in [9.17, 15) is 9.59 Å². The maximum atomic E-state index is 12.4. The number of anilines is 1. The molecule has 30 heavy (non-hydrogen) atoms. The van der Waals surface area contributed by atoms with Crippen LogP contribution in [0.15, 0.2) is 78.9 Å². The van der Waals surface area contributed by atoms with Crippen molar-refractivity contribution in [2.24, 2.45) is 0 Å². The zero-order valence-corrected chi connectivity index (χ0v) is 16.8. The highest BCUT2D eigenvalue weighted by Gasteiger charge is 2.10. The second-order valence-electron chi connectivity index (χ2n) is 6.49. The van der Waals surface area contributed by atoms with Gasteiger partial charge in [-0.1, -0.05) is 36.4 Å². The van der Waals surface area contributed by atoms with E-state index in [1.54, 1.807) is 48.5 Å². The summed E-state index contributed by atoms with van der Waals surface area (Å²) in [5, 5.41) is 5.35. The summed E-state index contributed by atoms with van der Waals surface area (Å²) in [6, 6.07) is 23.7. The largest absolute Gasteiger partial charge is 0.494 e. The fourth-order valence-corrected chi connectivity index (χ4v) is 2.74. The van der Waals surface area contributed by atoms with Crippen LogP contribution in [0.2, 0.25) is 0 Å². The quantitative estimate of drug-likeness (QED) is 0.565. The number of benzene rings is 3. The van der Waals surface area contributed by atoms with Gasteiger partial charge in [0, 0.05) is 11.3 Å². The van der Waals surface area contributed by atoms with E-state index in [-0.39, 0.29) is 18.4 Å². The summed E-state index contributed by atoms with van der Waals surface area (Å²) < 4.78 is 11.1. The summed E-state index contributed by atoms with van der Waals surface area (Å²) in [6.07, 6.45) is 0. The Labute approximate surface area is 175 Å². The number of hydrogen-bond acceptors (Lipinski definition) is 4. The van der Waals surface area contributed by atoms with E-state index in [0.29, 0.717) is 30.2 Å². The first-order valence-corrected chi connectivity index (χ1v) is 9.72. The first kappa shape index (κ1) is 20.9. The Balaban J connectivity index is 1.48. The first-order valence-electron chi connectivity index (χ1n) is 9.72. The second kappa shape index (κ2) is 10.7. The average Bonchev–Trinajstić information content (AvgIpc) is 2.78. The van der Waals surface area contributed by atoms with Gasteiger partial charge in [0.1, 0.15) is 18.1 Å². The van der Waals surface area contributed by atoms with E-state index in [1.807, 2.05) is 37.3 Å². The summed E-state index contributed by atoms with van der Waals surface area (Å²) in [5.41, 5.74) is 2.10. The molecule has 3 aromatic rings. The maximum absolute atomic E-state index is 12.4. The third kappa shape index (κ3) is 6.38. The minimum absolute atomic E-state index is 0.138. The minimum Gasteiger partial charge on any atom is -0.494 e. The molecular weight excluding hydrogens is 380 g/mol. The lowest BCUT2D eigenvalue weighted by Gasteiger charge is -2.10. The van der Waals surface area contributed by atoms with E-state index in [1.165, 1.54) is 0 Å². The Morgan fingerprint density at radius 1 is 0.833 bits per heavy atom. The molecular formula is C24H24N2O4. The van der Waals surface area contributed by atoms with Gasteiger partial charge in [0.2, 0.25) is 5.91 Å². The number of hydrogen-bond donors (Lipinski definition) is 2. The van der Waals surface area contributed by atoms with Crippen LogP contribution in [-0.4, -0.2) is 25.0 Å².